The van der Waals surface area contributed by atoms with E-state index in [2.05, 4.69) is 48.5 Å². The van der Waals surface area contributed by atoms with Crippen molar-refractivity contribution in [1.29, 1.82) is 0 Å². The maximum Gasteiger partial charge on any atom is 0.472 e. The van der Waals surface area contributed by atoms with Crippen LogP contribution in [0.25, 0.3) is 0 Å². The first kappa shape index (κ1) is 108. The molecule has 0 amide bonds. The van der Waals surface area contributed by atoms with Gasteiger partial charge in [0.15, 0.2) is 12.2 Å². The molecule has 0 aromatic rings. The highest BCUT2D eigenvalue weighted by molar-refractivity contribution is 7.47. The first-order valence-corrected chi connectivity index (χ1v) is 49.9. The van der Waals surface area contributed by atoms with Crippen LogP contribution in [-0.4, -0.2) is 96.7 Å². The molecule has 110 heavy (non-hydrogen) atoms. The molecule has 0 aliphatic carbocycles. The maximum atomic E-state index is 13.2. The zero-order chi connectivity index (χ0) is 80.8. The van der Waals surface area contributed by atoms with Gasteiger partial charge in [-0.2, -0.15) is 0 Å². The lowest BCUT2D eigenvalue weighted by molar-refractivity contribution is -0.161. The largest absolute Gasteiger partial charge is 0.472 e. The summed E-state index contributed by atoms with van der Waals surface area (Å²) in [5, 5.41) is 10.7. The van der Waals surface area contributed by atoms with Crippen LogP contribution in [0.2, 0.25) is 0 Å². The van der Waals surface area contributed by atoms with Crippen LogP contribution < -0.4 is 0 Å². The normalized spacial score (nSPS) is 14.3. The third-order valence-electron chi connectivity index (χ3n) is 22.1. The van der Waals surface area contributed by atoms with Gasteiger partial charge in [0.1, 0.15) is 19.3 Å². The van der Waals surface area contributed by atoms with Gasteiger partial charge >= 0.3 is 39.5 Å². The van der Waals surface area contributed by atoms with Crippen LogP contribution in [0.3, 0.4) is 0 Å². The molecule has 17 nitrogen and oxygen atoms in total. The molecule has 0 aromatic carbocycles. The summed E-state index contributed by atoms with van der Waals surface area (Å²) in [6, 6.07) is 0. The van der Waals surface area contributed by atoms with Crippen molar-refractivity contribution in [3.8, 4) is 0 Å². The third kappa shape index (κ3) is 81.2. The molecule has 19 heteroatoms. The van der Waals surface area contributed by atoms with E-state index in [4.69, 9.17) is 37.0 Å². The van der Waals surface area contributed by atoms with Gasteiger partial charge in [0.2, 0.25) is 0 Å². The predicted molar refractivity (Wildman–Crippen MR) is 455 cm³/mol. The van der Waals surface area contributed by atoms with Crippen LogP contribution in [0.1, 0.15) is 485 Å². The Kier molecular flexibility index (Phi) is 79.4. The minimum absolute atomic E-state index is 0.107. The van der Waals surface area contributed by atoms with Crippen molar-refractivity contribution in [3.05, 3.63) is 0 Å². The molecule has 0 fully saturated rings. The Hall–Kier alpha value is -1.94. The monoisotopic (exact) mass is 1610 g/mol. The van der Waals surface area contributed by atoms with E-state index in [-0.39, 0.29) is 25.7 Å². The summed E-state index contributed by atoms with van der Waals surface area (Å²) in [7, 11) is -9.94. The third-order valence-corrected chi connectivity index (χ3v) is 24.0. The molecule has 4 unspecified atom stereocenters. The number of ether oxygens (including phenoxy) is 4. The molecular weight excluding hydrogens is 1430 g/mol. The number of esters is 4. The van der Waals surface area contributed by atoms with Gasteiger partial charge in [0, 0.05) is 25.7 Å². The van der Waals surface area contributed by atoms with E-state index < -0.39 is 97.5 Å². The summed E-state index contributed by atoms with van der Waals surface area (Å²) in [5.41, 5.74) is 0. The fourth-order valence-corrected chi connectivity index (χ4v) is 15.8. The fraction of sp³-hybridized carbons (Fsp3) is 0.956. The Labute approximate surface area is 677 Å². The lowest BCUT2D eigenvalue weighted by Gasteiger charge is -2.21. The highest BCUT2D eigenvalue weighted by Crippen LogP contribution is 2.45. The number of carbonyl (C=O) groups is 4. The van der Waals surface area contributed by atoms with Crippen molar-refractivity contribution in [1.82, 2.24) is 0 Å². The van der Waals surface area contributed by atoms with Crippen LogP contribution in [-0.2, 0) is 65.4 Å². The number of carbonyl (C=O) groups excluding carboxylic acids is 4. The van der Waals surface area contributed by atoms with E-state index in [1.807, 2.05) is 0 Å². The second-order valence-electron chi connectivity index (χ2n) is 33.7. The molecule has 0 saturated carbocycles. The van der Waals surface area contributed by atoms with Gasteiger partial charge in [-0.1, -0.05) is 434 Å². The first-order chi connectivity index (χ1) is 53.3. The maximum absolute atomic E-state index is 13.2. The fourth-order valence-electron chi connectivity index (χ4n) is 14.2. The molecule has 3 N–H and O–H groups in total. The molecule has 0 heterocycles. The Morgan fingerprint density at radius 2 is 0.464 bits per heavy atom. The minimum Gasteiger partial charge on any atom is -0.462 e. The SMILES string of the molecule is CCCCCCCCCCCCCCCCCCCCCCCCC(=O)O[C@H](COC(=O)CCCCCCCCCCCCCCCCC(C)CC)COP(=O)(O)OC[C@@H](O)COP(=O)(O)OC[C@@H](COC(=O)CCCCCCCCCCCC(C)C)OC(=O)CCCCCCCCCCCCCCCCC(C)CC. The molecule has 7 atom stereocenters. The van der Waals surface area contributed by atoms with Gasteiger partial charge in [0.05, 0.1) is 26.4 Å². The van der Waals surface area contributed by atoms with Crippen LogP contribution in [0, 0.1) is 17.8 Å². The number of hydrogen-bond acceptors (Lipinski definition) is 15. The number of aliphatic hydroxyl groups excluding tert-OH is 1. The number of rotatable bonds is 89. The Morgan fingerprint density at radius 1 is 0.264 bits per heavy atom. The number of hydrogen-bond donors (Lipinski definition) is 3. The summed E-state index contributed by atoms with van der Waals surface area (Å²) >= 11 is 0. The van der Waals surface area contributed by atoms with Crippen LogP contribution >= 0.6 is 15.6 Å². The van der Waals surface area contributed by atoms with E-state index in [1.54, 1.807) is 0 Å². The lowest BCUT2D eigenvalue weighted by atomic mass is 9.99. The van der Waals surface area contributed by atoms with E-state index >= 15 is 0 Å². The Bertz CT molecular complexity index is 2120. The number of phosphoric acid groups is 2. The molecule has 0 spiro atoms. The quantitative estimate of drug-likeness (QED) is 0.0222. The summed E-state index contributed by atoms with van der Waals surface area (Å²) in [4.78, 5) is 73.4. The number of phosphoric ester groups is 2. The van der Waals surface area contributed by atoms with Crippen molar-refractivity contribution < 1.29 is 80.2 Å². The first-order valence-electron chi connectivity index (χ1n) is 46.9. The predicted octanol–water partition coefficient (Wildman–Crippen LogP) is 28.0. The summed E-state index contributed by atoms with van der Waals surface area (Å²) in [6.45, 7) is 12.1. The molecule has 0 aliphatic rings. The highest BCUT2D eigenvalue weighted by atomic mass is 31.2. The second kappa shape index (κ2) is 80.8. The minimum atomic E-state index is -4.97. The zero-order valence-electron chi connectivity index (χ0n) is 72.7. The number of aliphatic hydroxyl groups is 1. The number of unbranched alkanes of at least 4 members (excludes halogenated alkanes) is 55. The topological polar surface area (TPSA) is 237 Å². The molecule has 0 saturated heterocycles. The molecule has 0 rings (SSSR count). The summed E-state index contributed by atoms with van der Waals surface area (Å²) < 4.78 is 69.1. The Balaban J connectivity index is 5.25. The van der Waals surface area contributed by atoms with Crippen molar-refractivity contribution >= 4 is 39.5 Å². The molecule has 0 radical (unpaired) electrons. The summed E-state index contributed by atoms with van der Waals surface area (Å²) in [6.07, 6.45) is 73.6. The highest BCUT2D eigenvalue weighted by Gasteiger charge is 2.31. The van der Waals surface area contributed by atoms with Gasteiger partial charge < -0.3 is 33.8 Å². The zero-order valence-corrected chi connectivity index (χ0v) is 74.5. The van der Waals surface area contributed by atoms with Crippen LogP contribution in [0.15, 0.2) is 0 Å². The van der Waals surface area contributed by atoms with Crippen molar-refractivity contribution in [2.75, 3.05) is 39.6 Å². The van der Waals surface area contributed by atoms with Gasteiger partial charge in [0.25, 0.3) is 0 Å². The van der Waals surface area contributed by atoms with E-state index in [0.717, 1.165) is 108 Å². The molecule has 0 bridgehead atoms. The van der Waals surface area contributed by atoms with Crippen molar-refractivity contribution in [3.63, 3.8) is 0 Å². The average Bonchev–Trinajstić information content (AvgIpc) is 0.899. The van der Waals surface area contributed by atoms with E-state index in [0.29, 0.717) is 25.7 Å². The summed E-state index contributed by atoms with van der Waals surface area (Å²) in [5.74, 6) is 0.340. The van der Waals surface area contributed by atoms with Crippen LogP contribution in [0.5, 0.6) is 0 Å². The molecule has 0 aliphatic heterocycles. The smallest absolute Gasteiger partial charge is 0.462 e. The second-order valence-corrected chi connectivity index (χ2v) is 36.6. The Morgan fingerprint density at radius 3 is 0.691 bits per heavy atom. The van der Waals surface area contributed by atoms with E-state index in [9.17, 15) is 43.2 Å². The van der Waals surface area contributed by atoms with Crippen LogP contribution in [0.4, 0.5) is 0 Å². The van der Waals surface area contributed by atoms with Gasteiger partial charge in [-0.25, -0.2) is 9.13 Å². The molecule has 0 aromatic heterocycles. The van der Waals surface area contributed by atoms with Crippen molar-refractivity contribution in [2.45, 2.75) is 503 Å². The molecular formula is C91H178O17P2. The van der Waals surface area contributed by atoms with Crippen molar-refractivity contribution in [2.24, 2.45) is 17.8 Å². The lowest BCUT2D eigenvalue weighted by Crippen LogP contribution is -2.30. The standard InChI is InChI=1S/C91H178O17P2/c1-8-11-12-13-14-15-16-17-18-19-20-21-22-23-24-25-33-38-45-53-60-67-74-90(95)107-86(78-101-88(93)72-65-58-51-44-37-32-28-26-30-35-42-49-56-63-70-83(6)9-2)80-105-109(97,98)103-76-85(92)77-104-110(99,100)106-81-87(79-102-89(94)73-66-59-52-47-40-41-48-55-62-69-82(4)5)108-91(96)75-68-61-54-46-39-34-29-27-31-36-43-50-57-64-71-84(7)10-3/h82-87,92H,8-81H2,1-7H3,(H,97,98)(H,99,100)/t83?,84?,85-,86-,87-/m1/s1. The van der Waals surface area contributed by atoms with Gasteiger partial charge in [-0.05, 0) is 43.4 Å². The van der Waals surface area contributed by atoms with E-state index in [1.165, 1.54) is 295 Å². The van der Waals surface area contributed by atoms with Gasteiger partial charge in [-0.15, -0.1) is 0 Å². The van der Waals surface area contributed by atoms with Gasteiger partial charge in [-0.3, -0.25) is 37.3 Å². The average molecular weight is 1610 g/mol. The molecule has 654 valence electrons.